The standard InChI is InChI=1S/C17H26N2O3/c1-13-4-5-15(16(10-13)21-3)22-9-7-17(20)19-8-6-14(12-19)11-18-2/h4-5,10,14,18H,6-9,11-12H2,1-3H3/t14-/m0/s1. The van der Waals surface area contributed by atoms with E-state index < -0.39 is 0 Å². The zero-order valence-electron chi connectivity index (χ0n) is 13.7. The molecule has 1 aliphatic rings. The molecule has 1 N–H and O–H groups in total. The Bertz CT molecular complexity index is 505. The summed E-state index contributed by atoms with van der Waals surface area (Å²) in [6, 6.07) is 5.79. The number of nitrogens with one attached hydrogen (secondary N) is 1. The molecule has 0 saturated carbocycles. The molecule has 1 aromatic rings. The van der Waals surface area contributed by atoms with Crippen LogP contribution in [0.2, 0.25) is 0 Å². The van der Waals surface area contributed by atoms with Crippen molar-refractivity contribution >= 4 is 5.91 Å². The molecule has 0 radical (unpaired) electrons. The van der Waals surface area contributed by atoms with Crippen molar-refractivity contribution in [2.24, 2.45) is 5.92 Å². The molecule has 5 heteroatoms. The molecule has 0 aliphatic carbocycles. The molecule has 1 aromatic carbocycles. The van der Waals surface area contributed by atoms with Crippen molar-refractivity contribution in [1.82, 2.24) is 10.2 Å². The van der Waals surface area contributed by atoms with E-state index in [9.17, 15) is 4.79 Å². The van der Waals surface area contributed by atoms with Crippen molar-refractivity contribution in [1.29, 1.82) is 0 Å². The van der Waals surface area contributed by atoms with E-state index >= 15 is 0 Å². The molecule has 122 valence electrons. The van der Waals surface area contributed by atoms with Crippen LogP contribution in [0.25, 0.3) is 0 Å². The Morgan fingerprint density at radius 1 is 1.41 bits per heavy atom. The maximum atomic E-state index is 12.2. The number of rotatable bonds is 7. The Labute approximate surface area is 132 Å². The number of carbonyl (C=O) groups is 1. The van der Waals surface area contributed by atoms with Crippen LogP contribution in [0.3, 0.4) is 0 Å². The fraction of sp³-hybridized carbons (Fsp3) is 0.588. The summed E-state index contributed by atoms with van der Waals surface area (Å²) >= 11 is 0. The molecule has 1 heterocycles. The molecule has 0 unspecified atom stereocenters. The molecular weight excluding hydrogens is 280 g/mol. The maximum absolute atomic E-state index is 12.2. The third kappa shape index (κ3) is 4.37. The van der Waals surface area contributed by atoms with Gasteiger partial charge in [0.15, 0.2) is 11.5 Å². The molecule has 0 bridgehead atoms. The number of likely N-dealkylation sites (tertiary alicyclic amines) is 1. The summed E-state index contributed by atoms with van der Waals surface area (Å²) < 4.78 is 11.0. The number of methoxy groups -OCH3 is 1. The number of benzene rings is 1. The largest absolute Gasteiger partial charge is 0.493 e. The second kappa shape index (κ2) is 8.03. The summed E-state index contributed by atoms with van der Waals surface area (Å²) in [4.78, 5) is 14.1. The molecule has 5 nitrogen and oxygen atoms in total. The van der Waals surface area contributed by atoms with Crippen molar-refractivity contribution in [3.8, 4) is 11.5 Å². The van der Waals surface area contributed by atoms with Gasteiger partial charge in [-0.2, -0.15) is 0 Å². The lowest BCUT2D eigenvalue weighted by Crippen LogP contribution is -2.31. The molecule has 2 rings (SSSR count). The first-order valence-electron chi connectivity index (χ1n) is 7.84. The van der Waals surface area contributed by atoms with Crippen LogP contribution in [-0.2, 0) is 4.79 Å². The quantitative estimate of drug-likeness (QED) is 0.835. The van der Waals surface area contributed by atoms with Crippen LogP contribution < -0.4 is 14.8 Å². The van der Waals surface area contributed by atoms with Gasteiger partial charge in [0, 0.05) is 13.1 Å². The van der Waals surface area contributed by atoms with Gasteiger partial charge in [-0.15, -0.1) is 0 Å². The van der Waals surface area contributed by atoms with E-state index in [1.807, 2.05) is 37.1 Å². The molecular formula is C17H26N2O3. The van der Waals surface area contributed by atoms with Crippen LogP contribution in [0, 0.1) is 12.8 Å². The van der Waals surface area contributed by atoms with Crippen LogP contribution in [0.5, 0.6) is 11.5 Å². The van der Waals surface area contributed by atoms with E-state index in [4.69, 9.17) is 9.47 Å². The van der Waals surface area contributed by atoms with Gasteiger partial charge < -0.3 is 19.7 Å². The first-order chi connectivity index (χ1) is 10.6. The van der Waals surface area contributed by atoms with Crippen molar-refractivity contribution < 1.29 is 14.3 Å². The number of ether oxygens (including phenoxy) is 2. The Balaban J connectivity index is 1.78. The smallest absolute Gasteiger partial charge is 0.226 e. The van der Waals surface area contributed by atoms with Crippen LogP contribution in [0.4, 0.5) is 0 Å². The van der Waals surface area contributed by atoms with E-state index in [2.05, 4.69) is 5.32 Å². The fourth-order valence-electron chi connectivity index (χ4n) is 2.81. The van der Waals surface area contributed by atoms with Gasteiger partial charge >= 0.3 is 0 Å². The number of nitrogens with zero attached hydrogens (tertiary/aromatic N) is 1. The Kier molecular flexibility index (Phi) is 6.07. The molecule has 0 aromatic heterocycles. The monoisotopic (exact) mass is 306 g/mol. The van der Waals surface area contributed by atoms with Crippen LogP contribution in [-0.4, -0.2) is 51.2 Å². The summed E-state index contributed by atoms with van der Waals surface area (Å²) in [7, 11) is 3.58. The van der Waals surface area contributed by atoms with Gasteiger partial charge in [-0.1, -0.05) is 6.07 Å². The lowest BCUT2D eigenvalue weighted by atomic mass is 10.1. The topological polar surface area (TPSA) is 50.8 Å². The van der Waals surface area contributed by atoms with Crippen molar-refractivity contribution in [3.05, 3.63) is 23.8 Å². The third-order valence-corrected chi connectivity index (χ3v) is 4.02. The predicted octanol–water partition coefficient (Wildman–Crippen LogP) is 1.84. The van der Waals surface area contributed by atoms with Crippen molar-refractivity contribution in [2.75, 3.05) is 40.4 Å². The third-order valence-electron chi connectivity index (χ3n) is 4.02. The van der Waals surface area contributed by atoms with Gasteiger partial charge in [-0.05, 0) is 50.6 Å². The highest BCUT2D eigenvalue weighted by Crippen LogP contribution is 2.27. The highest BCUT2D eigenvalue weighted by molar-refractivity contribution is 5.76. The highest BCUT2D eigenvalue weighted by atomic mass is 16.5. The number of carbonyl (C=O) groups excluding carboxylic acids is 1. The van der Waals surface area contributed by atoms with E-state index in [0.717, 1.165) is 31.6 Å². The molecule has 22 heavy (non-hydrogen) atoms. The average Bonchev–Trinajstić information content (AvgIpc) is 2.97. The Hall–Kier alpha value is -1.75. The molecule has 1 saturated heterocycles. The minimum Gasteiger partial charge on any atom is -0.493 e. The van der Waals surface area contributed by atoms with Gasteiger partial charge in [0.25, 0.3) is 0 Å². The van der Waals surface area contributed by atoms with Crippen LogP contribution in [0.1, 0.15) is 18.4 Å². The molecule has 1 amide bonds. The zero-order valence-corrected chi connectivity index (χ0v) is 13.7. The van der Waals surface area contributed by atoms with Gasteiger partial charge in [-0.25, -0.2) is 0 Å². The van der Waals surface area contributed by atoms with E-state index in [-0.39, 0.29) is 5.91 Å². The number of amides is 1. The summed E-state index contributed by atoms with van der Waals surface area (Å²) in [5.41, 5.74) is 1.12. The fourth-order valence-corrected chi connectivity index (χ4v) is 2.81. The Morgan fingerprint density at radius 2 is 2.23 bits per heavy atom. The summed E-state index contributed by atoms with van der Waals surface area (Å²) in [6.45, 7) is 5.07. The minimum atomic E-state index is 0.171. The van der Waals surface area contributed by atoms with Crippen LogP contribution >= 0.6 is 0 Å². The predicted molar refractivity (Wildman–Crippen MR) is 86.5 cm³/mol. The molecule has 1 fully saturated rings. The minimum absolute atomic E-state index is 0.171. The normalized spacial score (nSPS) is 17.6. The second-order valence-corrected chi connectivity index (χ2v) is 5.80. The summed E-state index contributed by atoms with van der Waals surface area (Å²) in [5, 5.41) is 3.17. The lowest BCUT2D eigenvalue weighted by Gasteiger charge is -2.17. The van der Waals surface area contributed by atoms with E-state index in [1.165, 1.54) is 0 Å². The number of hydrogen-bond acceptors (Lipinski definition) is 4. The Morgan fingerprint density at radius 3 is 2.95 bits per heavy atom. The first kappa shape index (κ1) is 16.6. The van der Waals surface area contributed by atoms with Crippen LogP contribution in [0.15, 0.2) is 18.2 Å². The average molecular weight is 306 g/mol. The van der Waals surface area contributed by atoms with Gasteiger partial charge in [0.2, 0.25) is 5.91 Å². The van der Waals surface area contributed by atoms with Gasteiger partial charge in [0.1, 0.15) is 0 Å². The second-order valence-electron chi connectivity index (χ2n) is 5.80. The van der Waals surface area contributed by atoms with Gasteiger partial charge in [0.05, 0.1) is 20.1 Å². The summed E-state index contributed by atoms with van der Waals surface area (Å²) in [6.07, 6.45) is 1.49. The highest BCUT2D eigenvalue weighted by Gasteiger charge is 2.25. The summed E-state index contributed by atoms with van der Waals surface area (Å²) in [5.74, 6) is 2.15. The zero-order chi connectivity index (χ0) is 15.9. The van der Waals surface area contributed by atoms with Crippen molar-refractivity contribution in [2.45, 2.75) is 19.8 Å². The number of hydrogen-bond donors (Lipinski definition) is 1. The SMILES string of the molecule is CNC[C@@H]1CCN(C(=O)CCOc2ccc(C)cc2OC)C1. The lowest BCUT2D eigenvalue weighted by molar-refractivity contribution is -0.130. The number of aryl methyl sites for hydroxylation is 1. The van der Waals surface area contributed by atoms with Gasteiger partial charge in [-0.3, -0.25) is 4.79 Å². The van der Waals surface area contributed by atoms with Crippen molar-refractivity contribution in [3.63, 3.8) is 0 Å². The molecule has 1 aliphatic heterocycles. The van der Waals surface area contributed by atoms with E-state index in [0.29, 0.717) is 30.4 Å². The van der Waals surface area contributed by atoms with E-state index in [1.54, 1.807) is 7.11 Å². The molecule has 1 atom stereocenters. The molecule has 0 spiro atoms. The first-order valence-corrected chi connectivity index (χ1v) is 7.84. The maximum Gasteiger partial charge on any atom is 0.226 e.